The van der Waals surface area contributed by atoms with Crippen molar-refractivity contribution in [2.24, 2.45) is 0 Å². The Morgan fingerprint density at radius 1 is 1.08 bits per heavy atom. The molecule has 0 radical (unpaired) electrons. The molecule has 0 atom stereocenters. The van der Waals surface area contributed by atoms with E-state index in [2.05, 4.69) is 10.2 Å². The Kier molecular flexibility index (Phi) is 5.51. The summed E-state index contributed by atoms with van der Waals surface area (Å²) in [6.07, 6.45) is 0.965. The third-order valence-electron chi connectivity index (χ3n) is 5.02. The number of nitrogens with one attached hydrogen (secondary N) is 2. The highest BCUT2D eigenvalue weighted by Gasteiger charge is 2.32. The molecule has 3 rings (SSSR count). The molecule has 7 heteroatoms. The van der Waals surface area contributed by atoms with Crippen LogP contribution < -0.4 is 15.1 Å². The van der Waals surface area contributed by atoms with Gasteiger partial charge < -0.3 is 15.1 Å². The van der Waals surface area contributed by atoms with E-state index in [0.717, 1.165) is 70.4 Å². The van der Waals surface area contributed by atoms with Crippen LogP contribution in [0.2, 0.25) is 0 Å². The fourth-order valence-corrected chi connectivity index (χ4v) is 3.70. The molecule has 0 saturated carbocycles. The first-order valence-corrected chi connectivity index (χ1v) is 9.03. The van der Waals surface area contributed by atoms with Crippen LogP contribution >= 0.6 is 0 Å². The van der Waals surface area contributed by atoms with Crippen LogP contribution in [0.25, 0.3) is 0 Å². The van der Waals surface area contributed by atoms with E-state index in [9.17, 15) is 18.0 Å². The molecule has 4 nitrogen and oxygen atoms in total. The Labute approximate surface area is 146 Å². The minimum absolute atomic E-state index is 0.213. The summed E-state index contributed by atoms with van der Waals surface area (Å²) in [7, 11) is 0. The maximum atomic E-state index is 13.1. The van der Waals surface area contributed by atoms with Gasteiger partial charge in [-0.3, -0.25) is 4.79 Å². The van der Waals surface area contributed by atoms with Crippen molar-refractivity contribution in [3.05, 3.63) is 23.8 Å². The molecule has 1 aromatic carbocycles. The van der Waals surface area contributed by atoms with Gasteiger partial charge in [0.05, 0.1) is 30.0 Å². The monoisotopic (exact) mass is 356 g/mol. The lowest BCUT2D eigenvalue weighted by molar-refractivity contribution is -0.878. The van der Waals surface area contributed by atoms with Crippen molar-refractivity contribution in [2.75, 3.05) is 42.9 Å². The number of carbonyl (C=O) groups is 1. The summed E-state index contributed by atoms with van der Waals surface area (Å²) in [5.41, 5.74) is 0.245. The molecule has 25 heavy (non-hydrogen) atoms. The number of halogens is 3. The Morgan fingerprint density at radius 3 is 2.40 bits per heavy atom. The zero-order valence-electron chi connectivity index (χ0n) is 14.3. The largest absolute Gasteiger partial charge is 0.416 e. The minimum atomic E-state index is -4.42. The average molecular weight is 356 g/mol. The molecule has 0 aromatic heterocycles. The van der Waals surface area contributed by atoms with E-state index >= 15 is 0 Å². The van der Waals surface area contributed by atoms with E-state index in [1.807, 2.05) is 0 Å². The Bertz CT molecular complexity index is 606. The summed E-state index contributed by atoms with van der Waals surface area (Å²) in [5, 5.41) is 2.75. The van der Waals surface area contributed by atoms with Crippen molar-refractivity contribution in [3.63, 3.8) is 0 Å². The number of rotatable bonds is 4. The van der Waals surface area contributed by atoms with Gasteiger partial charge in [-0.2, -0.15) is 13.2 Å². The molecule has 1 amide bonds. The fraction of sp³-hybridized carbons (Fsp3) is 0.611. The molecule has 0 unspecified atom stereocenters. The molecular formula is C18H25F3N3O+. The van der Waals surface area contributed by atoms with Gasteiger partial charge in [-0.1, -0.05) is 0 Å². The molecule has 0 bridgehead atoms. The van der Waals surface area contributed by atoms with Gasteiger partial charge in [-0.15, -0.1) is 0 Å². The van der Waals surface area contributed by atoms with E-state index in [1.165, 1.54) is 11.0 Å². The lowest BCUT2D eigenvalue weighted by Gasteiger charge is -2.31. The molecule has 2 fully saturated rings. The number of alkyl halides is 3. The number of carbonyl (C=O) groups excluding carboxylic acids is 1. The molecule has 2 aliphatic heterocycles. The second-order valence-electron chi connectivity index (χ2n) is 6.96. The van der Waals surface area contributed by atoms with E-state index in [-0.39, 0.29) is 11.6 Å². The first kappa shape index (κ1) is 18.0. The van der Waals surface area contributed by atoms with Crippen LogP contribution in [0.5, 0.6) is 0 Å². The summed E-state index contributed by atoms with van der Waals surface area (Å²) >= 11 is 0. The summed E-state index contributed by atoms with van der Waals surface area (Å²) < 4.78 is 39.2. The first-order valence-electron chi connectivity index (χ1n) is 9.03. The molecule has 2 saturated heterocycles. The Morgan fingerprint density at radius 2 is 1.76 bits per heavy atom. The van der Waals surface area contributed by atoms with Crippen LogP contribution in [0.1, 0.15) is 37.7 Å². The highest BCUT2D eigenvalue weighted by Crippen LogP contribution is 2.36. The standard InChI is InChI=1S/C18H24F3N3O/c19-18(20,21)14-6-7-16(24-10-2-1-3-11-24)15(12-14)22-17(25)13-23-8-4-5-9-23/h6-7,12H,1-5,8-11,13H2,(H,22,25)/p+1. The number of amides is 1. The number of quaternary nitrogens is 1. The molecule has 2 N–H and O–H groups in total. The summed E-state index contributed by atoms with van der Waals surface area (Å²) in [4.78, 5) is 15.6. The topological polar surface area (TPSA) is 36.8 Å². The molecule has 0 spiro atoms. The van der Waals surface area contributed by atoms with Crippen molar-refractivity contribution in [1.29, 1.82) is 0 Å². The second kappa shape index (κ2) is 7.64. The van der Waals surface area contributed by atoms with Gasteiger partial charge in [0.2, 0.25) is 0 Å². The smallest absolute Gasteiger partial charge is 0.370 e. The van der Waals surface area contributed by atoms with Crippen LogP contribution in [-0.2, 0) is 11.0 Å². The van der Waals surface area contributed by atoms with E-state index in [4.69, 9.17) is 0 Å². The molecule has 138 valence electrons. The quantitative estimate of drug-likeness (QED) is 0.869. The summed E-state index contributed by atoms with van der Waals surface area (Å²) in [6, 6.07) is 3.67. The number of piperidine rings is 1. The van der Waals surface area contributed by atoms with Gasteiger partial charge in [-0.05, 0) is 37.5 Å². The van der Waals surface area contributed by atoms with Gasteiger partial charge >= 0.3 is 6.18 Å². The third-order valence-corrected chi connectivity index (χ3v) is 5.02. The van der Waals surface area contributed by atoms with Gasteiger partial charge in [0, 0.05) is 25.9 Å². The van der Waals surface area contributed by atoms with Crippen molar-refractivity contribution >= 4 is 17.3 Å². The van der Waals surface area contributed by atoms with Crippen molar-refractivity contribution in [2.45, 2.75) is 38.3 Å². The minimum Gasteiger partial charge on any atom is -0.370 e. The van der Waals surface area contributed by atoms with Gasteiger partial charge in [0.1, 0.15) is 0 Å². The maximum Gasteiger partial charge on any atom is 0.416 e. The van der Waals surface area contributed by atoms with E-state index < -0.39 is 11.7 Å². The van der Waals surface area contributed by atoms with Crippen molar-refractivity contribution < 1.29 is 22.9 Å². The second-order valence-corrected chi connectivity index (χ2v) is 6.96. The van der Waals surface area contributed by atoms with E-state index in [0.29, 0.717) is 12.2 Å². The third kappa shape index (κ3) is 4.66. The van der Waals surface area contributed by atoms with Crippen molar-refractivity contribution in [3.8, 4) is 0 Å². The number of nitrogens with zero attached hydrogens (tertiary/aromatic N) is 1. The van der Waals surface area contributed by atoms with Crippen LogP contribution in [-0.4, -0.2) is 38.6 Å². The van der Waals surface area contributed by atoms with E-state index in [1.54, 1.807) is 0 Å². The Hall–Kier alpha value is -1.76. The molecule has 2 aliphatic rings. The van der Waals surface area contributed by atoms with Crippen LogP contribution in [0, 0.1) is 0 Å². The first-order chi connectivity index (χ1) is 11.9. The lowest BCUT2D eigenvalue weighted by Crippen LogP contribution is -3.11. The van der Waals surface area contributed by atoms with Crippen molar-refractivity contribution in [1.82, 2.24) is 0 Å². The molecule has 0 aliphatic carbocycles. The highest BCUT2D eigenvalue weighted by molar-refractivity contribution is 5.95. The summed E-state index contributed by atoms with van der Waals surface area (Å²) in [6.45, 7) is 3.84. The highest BCUT2D eigenvalue weighted by atomic mass is 19.4. The SMILES string of the molecule is O=C(C[NH+]1CCCC1)Nc1cc(C(F)(F)F)ccc1N1CCCCC1. The lowest BCUT2D eigenvalue weighted by atomic mass is 10.1. The Balaban J connectivity index is 1.80. The fourth-order valence-electron chi connectivity index (χ4n) is 3.70. The van der Waals surface area contributed by atoms with Gasteiger partial charge in [0.25, 0.3) is 5.91 Å². The number of hydrogen-bond acceptors (Lipinski definition) is 2. The van der Waals surface area contributed by atoms with Gasteiger partial charge in [-0.25, -0.2) is 0 Å². The van der Waals surface area contributed by atoms with Crippen LogP contribution in [0.4, 0.5) is 24.5 Å². The normalized spacial score (nSPS) is 19.2. The average Bonchev–Trinajstić information content (AvgIpc) is 3.07. The number of anilines is 2. The number of likely N-dealkylation sites (tertiary alicyclic amines) is 1. The zero-order chi connectivity index (χ0) is 17.9. The molecule has 2 heterocycles. The summed E-state index contributed by atoms with van der Waals surface area (Å²) in [5.74, 6) is -0.213. The van der Waals surface area contributed by atoms with Crippen LogP contribution in [0.15, 0.2) is 18.2 Å². The number of hydrogen-bond donors (Lipinski definition) is 2. The molecule has 1 aromatic rings. The predicted molar refractivity (Wildman–Crippen MR) is 90.9 cm³/mol. The number of benzene rings is 1. The maximum absolute atomic E-state index is 13.1. The van der Waals surface area contributed by atoms with Crippen LogP contribution in [0.3, 0.4) is 0 Å². The zero-order valence-corrected chi connectivity index (χ0v) is 14.3. The molecular weight excluding hydrogens is 331 g/mol. The predicted octanol–water partition coefficient (Wildman–Crippen LogP) is 2.31. The van der Waals surface area contributed by atoms with Gasteiger partial charge in [0.15, 0.2) is 6.54 Å².